The number of likely N-dealkylation sites (tertiary alicyclic amines) is 3. The van der Waals surface area contributed by atoms with Gasteiger partial charge in [0.2, 0.25) is 0 Å². The van der Waals surface area contributed by atoms with E-state index in [9.17, 15) is 8.78 Å². The Morgan fingerprint density at radius 1 is 1.00 bits per heavy atom. The molecule has 0 radical (unpaired) electrons. The van der Waals surface area contributed by atoms with Gasteiger partial charge in [0.1, 0.15) is 0 Å². The van der Waals surface area contributed by atoms with Gasteiger partial charge in [0, 0.05) is 31.2 Å². The molecular weight excluding hydrogens is 344 g/mol. The molecule has 1 spiro atoms. The number of benzene rings is 1. The van der Waals surface area contributed by atoms with Crippen LogP contribution in [0.25, 0.3) is 0 Å². The summed E-state index contributed by atoms with van der Waals surface area (Å²) in [5, 5.41) is 0. The van der Waals surface area contributed by atoms with Gasteiger partial charge >= 0.3 is 0 Å². The van der Waals surface area contributed by atoms with Crippen LogP contribution < -0.4 is 0 Å². The average Bonchev–Trinajstić information content (AvgIpc) is 3.09. The van der Waals surface area contributed by atoms with Gasteiger partial charge in [-0.1, -0.05) is 19.1 Å². The lowest BCUT2D eigenvalue weighted by molar-refractivity contribution is 0.0698. The summed E-state index contributed by atoms with van der Waals surface area (Å²) in [7, 11) is 0. The standard InChI is InChI=1S/C22H33F2N3/c1-2-25-12-7-19(8-13-25)27-14-10-22(17-27)9-4-11-26(16-22)15-18-5-3-6-20(23)21(18)24/h3,5-6,19H,2,4,7-17H2,1H3. The Morgan fingerprint density at radius 3 is 2.59 bits per heavy atom. The minimum Gasteiger partial charge on any atom is -0.303 e. The molecule has 0 bridgehead atoms. The van der Waals surface area contributed by atoms with Gasteiger partial charge in [-0.3, -0.25) is 9.80 Å². The molecule has 0 amide bonds. The van der Waals surface area contributed by atoms with E-state index in [0.29, 0.717) is 17.5 Å². The first-order valence-corrected chi connectivity index (χ1v) is 10.7. The van der Waals surface area contributed by atoms with E-state index in [0.717, 1.165) is 19.1 Å². The number of nitrogens with zero attached hydrogens (tertiary/aromatic N) is 3. The highest BCUT2D eigenvalue weighted by atomic mass is 19.2. The van der Waals surface area contributed by atoms with Crippen LogP contribution in [-0.4, -0.2) is 66.6 Å². The number of piperidine rings is 2. The Hall–Kier alpha value is -1.04. The molecule has 1 atom stereocenters. The van der Waals surface area contributed by atoms with Crippen molar-refractivity contribution in [3.63, 3.8) is 0 Å². The Kier molecular flexibility index (Phi) is 5.81. The molecular formula is C22H33F2N3. The molecule has 4 rings (SSSR count). The maximum Gasteiger partial charge on any atom is 0.163 e. The lowest BCUT2D eigenvalue weighted by Gasteiger charge is -2.42. The maximum absolute atomic E-state index is 14.1. The minimum absolute atomic E-state index is 0.351. The van der Waals surface area contributed by atoms with Crippen LogP contribution in [0.3, 0.4) is 0 Å². The molecule has 0 saturated carbocycles. The zero-order valence-corrected chi connectivity index (χ0v) is 16.6. The first-order valence-electron chi connectivity index (χ1n) is 10.7. The third-order valence-corrected chi connectivity index (χ3v) is 7.15. The van der Waals surface area contributed by atoms with Crippen molar-refractivity contribution in [1.82, 2.24) is 14.7 Å². The van der Waals surface area contributed by atoms with Crippen molar-refractivity contribution in [2.24, 2.45) is 5.41 Å². The summed E-state index contributed by atoms with van der Waals surface area (Å²) in [6.45, 7) is 10.8. The first kappa shape index (κ1) is 19.3. The highest BCUT2D eigenvalue weighted by Gasteiger charge is 2.43. The molecule has 3 saturated heterocycles. The fourth-order valence-electron chi connectivity index (χ4n) is 5.57. The van der Waals surface area contributed by atoms with Gasteiger partial charge in [-0.2, -0.15) is 0 Å². The molecule has 0 aromatic heterocycles. The summed E-state index contributed by atoms with van der Waals surface area (Å²) in [5.41, 5.74) is 0.845. The lowest BCUT2D eigenvalue weighted by Crippen LogP contribution is -2.47. The summed E-state index contributed by atoms with van der Waals surface area (Å²) in [5.74, 6) is -1.41. The molecule has 3 nitrogen and oxygen atoms in total. The lowest BCUT2D eigenvalue weighted by atomic mass is 9.79. The van der Waals surface area contributed by atoms with Crippen molar-refractivity contribution < 1.29 is 8.78 Å². The molecule has 0 aliphatic carbocycles. The van der Waals surface area contributed by atoms with Crippen molar-refractivity contribution >= 4 is 0 Å². The van der Waals surface area contributed by atoms with Crippen LogP contribution in [0.5, 0.6) is 0 Å². The Morgan fingerprint density at radius 2 is 1.81 bits per heavy atom. The summed E-state index contributed by atoms with van der Waals surface area (Å²) < 4.78 is 27.6. The molecule has 3 fully saturated rings. The molecule has 5 heteroatoms. The summed E-state index contributed by atoms with van der Waals surface area (Å²) in [4.78, 5) is 7.64. The third kappa shape index (κ3) is 4.20. The zero-order valence-electron chi connectivity index (χ0n) is 16.6. The SMILES string of the molecule is CCN1CCC(N2CCC3(CCCN(Cc4cccc(F)c4F)C3)C2)CC1. The topological polar surface area (TPSA) is 9.72 Å². The second-order valence-electron chi connectivity index (χ2n) is 8.91. The van der Waals surface area contributed by atoms with Crippen LogP contribution in [0, 0.1) is 17.0 Å². The highest BCUT2D eigenvalue weighted by Crippen LogP contribution is 2.41. The largest absolute Gasteiger partial charge is 0.303 e. The predicted molar refractivity (Wildman–Crippen MR) is 105 cm³/mol. The normalized spacial score (nSPS) is 29.0. The van der Waals surface area contributed by atoms with Crippen molar-refractivity contribution in [3.05, 3.63) is 35.4 Å². The van der Waals surface area contributed by atoms with Crippen LogP contribution in [0.4, 0.5) is 8.78 Å². The van der Waals surface area contributed by atoms with Gasteiger partial charge in [0.15, 0.2) is 11.6 Å². The zero-order chi connectivity index (χ0) is 18.9. The molecule has 150 valence electrons. The van der Waals surface area contributed by atoms with E-state index in [1.807, 2.05) is 0 Å². The molecule has 3 aliphatic rings. The molecule has 3 aliphatic heterocycles. The average molecular weight is 378 g/mol. The Balaban J connectivity index is 1.36. The fourth-order valence-corrected chi connectivity index (χ4v) is 5.57. The van der Waals surface area contributed by atoms with E-state index < -0.39 is 11.6 Å². The van der Waals surface area contributed by atoms with Gasteiger partial charge in [-0.25, -0.2) is 8.78 Å². The van der Waals surface area contributed by atoms with Crippen LogP contribution in [-0.2, 0) is 6.54 Å². The quantitative estimate of drug-likeness (QED) is 0.792. The van der Waals surface area contributed by atoms with Gasteiger partial charge in [0.05, 0.1) is 0 Å². The number of halogens is 2. The molecule has 1 aromatic rings. The molecule has 0 N–H and O–H groups in total. The predicted octanol–water partition coefficient (Wildman–Crippen LogP) is 3.74. The number of rotatable bonds is 4. The monoisotopic (exact) mass is 377 g/mol. The highest BCUT2D eigenvalue weighted by molar-refractivity contribution is 5.19. The molecule has 3 heterocycles. The van der Waals surface area contributed by atoms with Gasteiger partial charge in [-0.15, -0.1) is 0 Å². The molecule has 27 heavy (non-hydrogen) atoms. The van der Waals surface area contributed by atoms with Crippen molar-refractivity contribution in [1.29, 1.82) is 0 Å². The third-order valence-electron chi connectivity index (χ3n) is 7.15. The summed E-state index contributed by atoms with van der Waals surface area (Å²) >= 11 is 0. The number of hydrogen-bond donors (Lipinski definition) is 0. The Labute approximate surface area is 162 Å². The van der Waals surface area contributed by atoms with E-state index >= 15 is 0 Å². The van der Waals surface area contributed by atoms with E-state index in [1.54, 1.807) is 12.1 Å². The van der Waals surface area contributed by atoms with Crippen molar-refractivity contribution in [2.45, 2.75) is 51.6 Å². The van der Waals surface area contributed by atoms with Crippen LogP contribution in [0.2, 0.25) is 0 Å². The van der Waals surface area contributed by atoms with Gasteiger partial charge in [-0.05, 0) is 76.3 Å². The number of hydrogen-bond acceptors (Lipinski definition) is 3. The minimum atomic E-state index is -0.732. The molecule has 1 unspecified atom stereocenters. The van der Waals surface area contributed by atoms with Crippen molar-refractivity contribution in [2.75, 3.05) is 45.8 Å². The molecule has 1 aromatic carbocycles. The van der Waals surface area contributed by atoms with E-state index in [-0.39, 0.29) is 0 Å². The van der Waals surface area contributed by atoms with E-state index in [4.69, 9.17) is 0 Å². The second kappa shape index (κ2) is 8.14. The van der Waals surface area contributed by atoms with Gasteiger partial charge < -0.3 is 4.90 Å². The van der Waals surface area contributed by atoms with Gasteiger partial charge in [0.25, 0.3) is 0 Å². The first-order chi connectivity index (χ1) is 13.1. The smallest absolute Gasteiger partial charge is 0.163 e. The Bertz CT molecular complexity index is 644. The summed E-state index contributed by atoms with van der Waals surface area (Å²) in [6.07, 6.45) is 6.28. The summed E-state index contributed by atoms with van der Waals surface area (Å²) in [6, 6.07) is 5.29. The second-order valence-corrected chi connectivity index (χ2v) is 8.91. The van der Waals surface area contributed by atoms with E-state index in [2.05, 4.69) is 21.6 Å². The van der Waals surface area contributed by atoms with Crippen LogP contribution >= 0.6 is 0 Å². The van der Waals surface area contributed by atoms with E-state index in [1.165, 1.54) is 70.9 Å². The van der Waals surface area contributed by atoms with Crippen molar-refractivity contribution in [3.8, 4) is 0 Å². The van der Waals surface area contributed by atoms with Crippen LogP contribution in [0.15, 0.2) is 18.2 Å². The fraction of sp³-hybridized carbons (Fsp3) is 0.727. The van der Waals surface area contributed by atoms with Crippen LogP contribution in [0.1, 0.15) is 44.6 Å². The maximum atomic E-state index is 14.1.